The molecule has 0 saturated carbocycles. The zero-order valence-electron chi connectivity index (χ0n) is 25.1. The van der Waals surface area contributed by atoms with Crippen LogP contribution in [0.25, 0.3) is 0 Å². The highest BCUT2D eigenvalue weighted by molar-refractivity contribution is 14.1. The van der Waals surface area contributed by atoms with E-state index in [9.17, 15) is 0 Å². The van der Waals surface area contributed by atoms with E-state index < -0.39 is 0 Å². The van der Waals surface area contributed by atoms with Gasteiger partial charge in [0.15, 0.2) is 0 Å². The Morgan fingerprint density at radius 1 is 0.543 bits per heavy atom. The third-order valence-corrected chi connectivity index (χ3v) is 9.85. The van der Waals surface area contributed by atoms with Crippen LogP contribution in [0.1, 0.15) is 67.2 Å². The fourth-order valence-electron chi connectivity index (χ4n) is 4.67. The third kappa shape index (κ3) is 17.2. The predicted octanol–water partition coefficient (Wildman–Crippen LogP) is 12.5. The van der Waals surface area contributed by atoms with E-state index in [1.807, 2.05) is 48.5 Å². The molecule has 2 nitrogen and oxygen atoms in total. The van der Waals surface area contributed by atoms with Gasteiger partial charge in [-0.15, -0.1) is 0 Å². The molecule has 0 unspecified atom stereocenters. The lowest BCUT2D eigenvalue weighted by atomic mass is 9.88. The molecule has 0 amide bonds. The molecule has 0 aromatic heterocycles. The van der Waals surface area contributed by atoms with Crippen LogP contribution in [-0.2, 0) is 0 Å². The van der Waals surface area contributed by atoms with Gasteiger partial charge in [-0.2, -0.15) is 24.4 Å². The fraction of sp³-hybridized carbons (Fsp3) is 0.351. The first-order chi connectivity index (χ1) is 21.8. The first kappa shape index (κ1) is 43.4. The molecule has 0 radical (unpaired) electrons. The van der Waals surface area contributed by atoms with E-state index in [-0.39, 0.29) is 20.6 Å². The number of benzene rings is 4. The summed E-state index contributed by atoms with van der Waals surface area (Å²) in [5.41, 5.74) is 5.19. The van der Waals surface area contributed by atoms with Gasteiger partial charge in [-0.1, -0.05) is 125 Å². The van der Waals surface area contributed by atoms with Gasteiger partial charge in [0, 0.05) is 43.4 Å². The van der Waals surface area contributed by atoms with Gasteiger partial charge in [-0.05, 0) is 107 Å². The molecule has 0 aliphatic heterocycles. The maximum atomic E-state index is 8.84. The van der Waals surface area contributed by atoms with Crippen molar-refractivity contribution >= 4 is 93.4 Å². The van der Waals surface area contributed by atoms with E-state index in [4.69, 9.17) is 56.6 Å². The summed E-state index contributed by atoms with van der Waals surface area (Å²) in [7, 11) is 0. The fourth-order valence-corrected chi connectivity index (χ4v) is 6.32. The Kier molecular flexibility index (Phi) is 24.8. The molecule has 9 heteroatoms. The Hall–Kier alpha value is -0.610. The van der Waals surface area contributed by atoms with Crippen molar-refractivity contribution in [1.29, 1.82) is 0 Å². The minimum absolute atomic E-state index is 0. The summed E-state index contributed by atoms with van der Waals surface area (Å²) >= 11 is 31.8. The molecule has 4 rings (SSSR count). The van der Waals surface area contributed by atoms with Crippen molar-refractivity contribution in [1.82, 2.24) is 0 Å². The van der Waals surface area contributed by atoms with Crippen molar-refractivity contribution in [3.63, 3.8) is 0 Å². The molecular weight excluding hydrogens is 809 g/mol. The van der Waals surface area contributed by atoms with Crippen molar-refractivity contribution in [2.45, 2.75) is 44.9 Å². The molecular formula is C37H45Cl4IO2S2. The zero-order chi connectivity index (χ0) is 32.9. The first-order valence-corrected chi connectivity index (χ1v) is 19.6. The van der Waals surface area contributed by atoms with Crippen molar-refractivity contribution < 1.29 is 10.2 Å². The van der Waals surface area contributed by atoms with Crippen LogP contribution in [0.3, 0.4) is 0 Å². The van der Waals surface area contributed by atoms with E-state index in [1.165, 1.54) is 33.1 Å². The van der Waals surface area contributed by atoms with Gasteiger partial charge in [0.05, 0.1) is 13.2 Å². The number of thioether (sulfide) groups is 1. The predicted molar refractivity (Wildman–Crippen MR) is 219 cm³/mol. The maximum Gasteiger partial charge on any atom is 0.0521 e. The van der Waals surface area contributed by atoms with Gasteiger partial charge in [-0.3, -0.25) is 0 Å². The number of hydrogen-bond donors (Lipinski definition) is 3. The second-order valence-electron chi connectivity index (χ2n) is 10.1. The Morgan fingerprint density at radius 3 is 1.11 bits per heavy atom. The molecule has 0 bridgehead atoms. The Bertz CT molecular complexity index is 1220. The van der Waals surface area contributed by atoms with Crippen molar-refractivity contribution in [2.75, 3.05) is 34.9 Å². The topological polar surface area (TPSA) is 40.5 Å². The standard InChI is InChI=1S/C18H20Cl2OS.C16H15Cl2I.C2H6OS.CH4/c19-16-7-3-14(4-8-16)18(2-1-12-22-13-11-21)15-5-9-17(20)10-6-15;17-14-7-3-12(4-8-14)16(2-1-11-19)13-5-9-15(18)10-6-13;3-1-2-4;/h3-10,18,21H,1-2,11-13H2;3-10,16H,1-2,11H2;3-4H,1-2H2;1H4. The SMILES string of the molecule is C.Clc1ccc(C(CCCI)c2ccc(Cl)cc2)cc1.OCCS.OCCSCCCC(c1ccc(Cl)cc1)c1ccc(Cl)cc1. The molecule has 4 aromatic rings. The van der Waals surface area contributed by atoms with Crippen LogP contribution in [0.5, 0.6) is 0 Å². The van der Waals surface area contributed by atoms with Crippen LogP contribution in [0.15, 0.2) is 97.1 Å². The van der Waals surface area contributed by atoms with Gasteiger partial charge < -0.3 is 10.2 Å². The largest absolute Gasteiger partial charge is 0.396 e. The van der Waals surface area contributed by atoms with Crippen LogP contribution < -0.4 is 0 Å². The average molecular weight is 855 g/mol. The number of aliphatic hydroxyl groups is 2. The minimum atomic E-state index is 0. The van der Waals surface area contributed by atoms with Gasteiger partial charge in [-0.25, -0.2) is 0 Å². The second-order valence-corrected chi connectivity index (χ2v) is 14.6. The Labute approximate surface area is 320 Å². The summed E-state index contributed by atoms with van der Waals surface area (Å²) < 4.78 is 1.18. The number of rotatable bonds is 14. The highest BCUT2D eigenvalue weighted by Crippen LogP contribution is 2.32. The number of thiol groups is 1. The van der Waals surface area contributed by atoms with Gasteiger partial charge in [0.1, 0.15) is 0 Å². The molecule has 0 fully saturated rings. The molecule has 0 aliphatic carbocycles. The molecule has 252 valence electrons. The van der Waals surface area contributed by atoms with E-state index in [1.54, 1.807) is 11.8 Å². The van der Waals surface area contributed by atoms with Gasteiger partial charge in [0.2, 0.25) is 0 Å². The maximum absolute atomic E-state index is 8.84. The molecule has 4 aromatic carbocycles. The lowest BCUT2D eigenvalue weighted by Gasteiger charge is -2.18. The summed E-state index contributed by atoms with van der Waals surface area (Å²) in [6.45, 7) is 0.436. The summed E-state index contributed by atoms with van der Waals surface area (Å²) in [6.07, 6.45) is 4.53. The Morgan fingerprint density at radius 2 is 0.848 bits per heavy atom. The van der Waals surface area contributed by atoms with Crippen LogP contribution >= 0.6 is 93.4 Å². The smallest absolute Gasteiger partial charge is 0.0521 e. The van der Waals surface area contributed by atoms with Crippen molar-refractivity contribution in [3.8, 4) is 0 Å². The Balaban J connectivity index is 0.000000407. The number of halogens is 5. The molecule has 0 saturated heterocycles. The molecule has 0 aliphatic rings. The van der Waals surface area contributed by atoms with Crippen LogP contribution in [0, 0.1) is 0 Å². The van der Waals surface area contributed by atoms with Gasteiger partial charge >= 0.3 is 0 Å². The highest BCUT2D eigenvalue weighted by atomic mass is 127. The average Bonchev–Trinajstić information content (AvgIpc) is 3.06. The van der Waals surface area contributed by atoms with Crippen molar-refractivity contribution in [2.24, 2.45) is 0 Å². The van der Waals surface area contributed by atoms with E-state index in [2.05, 4.69) is 83.8 Å². The minimum Gasteiger partial charge on any atom is -0.396 e. The molecule has 0 spiro atoms. The second kappa shape index (κ2) is 26.3. The lowest BCUT2D eigenvalue weighted by molar-refractivity contribution is 0.322. The van der Waals surface area contributed by atoms with Crippen LogP contribution in [0.4, 0.5) is 0 Å². The summed E-state index contributed by atoms with van der Waals surface area (Å²) in [6, 6.07) is 32.5. The normalized spacial score (nSPS) is 10.5. The van der Waals surface area contributed by atoms with Crippen LogP contribution in [0.2, 0.25) is 20.1 Å². The lowest BCUT2D eigenvalue weighted by Crippen LogP contribution is -2.02. The molecule has 2 N–H and O–H groups in total. The quantitative estimate of drug-likeness (QED) is 0.0512. The van der Waals surface area contributed by atoms with Crippen LogP contribution in [-0.4, -0.2) is 45.1 Å². The van der Waals surface area contributed by atoms with Gasteiger partial charge in [0.25, 0.3) is 0 Å². The summed E-state index contributed by atoms with van der Waals surface area (Å²) in [5, 5.41) is 19.7. The van der Waals surface area contributed by atoms with E-state index in [0.29, 0.717) is 17.6 Å². The number of hydrogen-bond acceptors (Lipinski definition) is 4. The summed E-state index contributed by atoms with van der Waals surface area (Å²) in [5.74, 6) is 3.22. The first-order valence-electron chi connectivity index (χ1n) is 14.8. The summed E-state index contributed by atoms with van der Waals surface area (Å²) in [4.78, 5) is 0. The highest BCUT2D eigenvalue weighted by Gasteiger charge is 2.15. The number of alkyl halides is 1. The van der Waals surface area contributed by atoms with E-state index in [0.717, 1.165) is 50.9 Å². The monoisotopic (exact) mass is 852 g/mol. The molecule has 0 heterocycles. The zero-order valence-corrected chi connectivity index (χ0v) is 32.0. The molecule has 46 heavy (non-hydrogen) atoms. The van der Waals surface area contributed by atoms with E-state index >= 15 is 0 Å². The molecule has 0 atom stereocenters. The third-order valence-electron chi connectivity index (χ3n) is 6.83. The number of aliphatic hydroxyl groups excluding tert-OH is 2. The van der Waals surface area contributed by atoms with Crippen molar-refractivity contribution in [3.05, 3.63) is 139 Å².